The molecule has 0 fully saturated rings. The van der Waals surface area contributed by atoms with Crippen molar-refractivity contribution in [2.75, 3.05) is 17.2 Å². The van der Waals surface area contributed by atoms with E-state index in [2.05, 4.69) is 26.0 Å². The first-order valence-corrected chi connectivity index (χ1v) is 8.89. The molecule has 1 unspecified atom stereocenters. The zero-order valence-corrected chi connectivity index (χ0v) is 13.9. The van der Waals surface area contributed by atoms with Crippen LogP contribution in [0.4, 0.5) is 5.69 Å². The number of amides is 1. The number of carbonyl (C=O) groups is 1. The lowest BCUT2D eigenvalue weighted by Gasteiger charge is -2.12. The van der Waals surface area contributed by atoms with E-state index in [-0.39, 0.29) is 16.7 Å². The van der Waals surface area contributed by atoms with Gasteiger partial charge in [-0.15, -0.1) is 0 Å². The Kier molecular flexibility index (Phi) is 6.64. The summed E-state index contributed by atoms with van der Waals surface area (Å²) in [5, 5.41) is 3.44. The van der Waals surface area contributed by atoms with Crippen molar-refractivity contribution in [2.45, 2.75) is 25.2 Å². The Morgan fingerprint density at radius 2 is 1.90 bits per heavy atom. The average Bonchev–Trinajstić information content (AvgIpc) is 2.37. The summed E-state index contributed by atoms with van der Waals surface area (Å²) in [6, 6.07) is 6.08. The summed E-state index contributed by atoms with van der Waals surface area (Å²) in [4.78, 5) is 11.1. The fourth-order valence-electron chi connectivity index (χ4n) is 1.54. The Bertz CT molecular complexity index is 543. The minimum Gasteiger partial charge on any atom is -0.326 e. The van der Waals surface area contributed by atoms with Crippen LogP contribution in [0.2, 0.25) is 0 Å². The lowest BCUT2D eigenvalue weighted by Crippen LogP contribution is -2.28. The van der Waals surface area contributed by atoms with Crippen molar-refractivity contribution >= 4 is 37.5 Å². The van der Waals surface area contributed by atoms with E-state index in [1.165, 1.54) is 19.1 Å². The summed E-state index contributed by atoms with van der Waals surface area (Å²) in [6.45, 7) is 3.79. The second-order valence-corrected chi connectivity index (χ2v) is 7.20. The summed E-state index contributed by atoms with van der Waals surface area (Å²) in [5.41, 5.74) is 0.573. The molecule has 0 bridgehead atoms. The third kappa shape index (κ3) is 5.60. The second kappa shape index (κ2) is 7.75. The normalized spacial score (nSPS) is 12.9. The van der Waals surface area contributed by atoms with Gasteiger partial charge < -0.3 is 5.32 Å². The highest BCUT2D eigenvalue weighted by atomic mass is 79.9. The smallest absolute Gasteiger partial charge is 0.240 e. The number of halogens is 1. The van der Waals surface area contributed by atoms with Crippen LogP contribution in [0.3, 0.4) is 0 Å². The monoisotopic (exact) mass is 362 g/mol. The van der Waals surface area contributed by atoms with Crippen LogP contribution in [0, 0.1) is 5.92 Å². The number of carbonyl (C=O) groups excluding carboxylic acids is 1. The molecule has 0 spiro atoms. The quantitative estimate of drug-likeness (QED) is 0.731. The van der Waals surface area contributed by atoms with E-state index in [1.54, 1.807) is 12.1 Å². The molecule has 112 valence electrons. The molecular weight excluding hydrogens is 344 g/mol. The van der Waals surface area contributed by atoms with Crippen LogP contribution in [0.5, 0.6) is 0 Å². The predicted octanol–water partition coefficient (Wildman–Crippen LogP) is 2.34. The first-order chi connectivity index (χ1) is 9.35. The van der Waals surface area contributed by atoms with Crippen LogP contribution in [0.1, 0.15) is 20.3 Å². The first-order valence-electron chi connectivity index (χ1n) is 6.28. The van der Waals surface area contributed by atoms with Gasteiger partial charge >= 0.3 is 0 Å². The van der Waals surface area contributed by atoms with Gasteiger partial charge in [-0.2, -0.15) is 0 Å². The molecule has 1 amide bonds. The average molecular weight is 363 g/mol. The number of nitrogens with one attached hydrogen (secondary N) is 2. The molecule has 20 heavy (non-hydrogen) atoms. The molecule has 5 nitrogen and oxygen atoms in total. The zero-order valence-electron chi connectivity index (χ0n) is 11.5. The molecule has 2 N–H and O–H groups in total. The van der Waals surface area contributed by atoms with E-state index in [0.29, 0.717) is 12.2 Å². The molecule has 1 rings (SSSR count). The Hall–Kier alpha value is -0.920. The highest BCUT2D eigenvalue weighted by Crippen LogP contribution is 2.14. The van der Waals surface area contributed by atoms with Crippen molar-refractivity contribution in [3.05, 3.63) is 24.3 Å². The van der Waals surface area contributed by atoms with E-state index in [9.17, 15) is 13.2 Å². The number of alkyl halides is 1. The topological polar surface area (TPSA) is 75.3 Å². The molecule has 0 radical (unpaired) electrons. The molecule has 7 heteroatoms. The number of benzene rings is 1. The van der Waals surface area contributed by atoms with Crippen LogP contribution in [0.15, 0.2) is 29.2 Å². The third-order valence-electron chi connectivity index (χ3n) is 2.71. The van der Waals surface area contributed by atoms with Crippen molar-refractivity contribution in [1.29, 1.82) is 0 Å². The van der Waals surface area contributed by atoms with Gasteiger partial charge in [0.1, 0.15) is 0 Å². The van der Waals surface area contributed by atoms with E-state index in [1.807, 2.05) is 6.92 Å². The molecule has 0 saturated heterocycles. The highest BCUT2D eigenvalue weighted by molar-refractivity contribution is 9.09. The number of rotatable bonds is 7. The van der Waals surface area contributed by atoms with Crippen molar-refractivity contribution in [3.63, 3.8) is 0 Å². The molecular formula is C13H19BrN2O3S. The third-order valence-corrected chi connectivity index (χ3v) is 4.61. The van der Waals surface area contributed by atoms with Gasteiger partial charge in [-0.3, -0.25) is 4.79 Å². The maximum atomic E-state index is 12.1. The van der Waals surface area contributed by atoms with E-state index < -0.39 is 10.0 Å². The molecule has 1 aromatic rings. The van der Waals surface area contributed by atoms with Gasteiger partial charge in [0.2, 0.25) is 15.9 Å². The standard InChI is InChI=1S/C13H19BrN2O3S/c1-10(7-8-14)9-15-20(18,19)13-5-3-12(4-6-13)16-11(2)17/h3-6,10,15H,7-9H2,1-2H3,(H,16,17). The van der Waals surface area contributed by atoms with Crippen LogP contribution in [0.25, 0.3) is 0 Å². The maximum Gasteiger partial charge on any atom is 0.240 e. The van der Waals surface area contributed by atoms with Crippen molar-refractivity contribution in [3.8, 4) is 0 Å². The van der Waals surface area contributed by atoms with Crippen LogP contribution in [-0.2, 0) is 14.8 Å². The summed E-state index contributed by atoms with van der Waals surface area (Å²) in [5.74, 6) is 0.0742. The highest BCUT2D eigenvalue weighted by Gasteiger charge is 2.14. The van der Waals surface area contributed by atoms with Gasteiger partial charge in [0, 0.05) is 24.5 Å². The molecule has 1 atom stereocenters. The maximum absolute atomic E-state index is 12.1. The zero-order chi connectivity index (χ0) is 15.2. The van der Waals surface area contributed by atoms with Crippen molar-refractivity contribution in [2.24, 2.45) is 5.92 Å². The number of hydrogen-bond acceptors (Lipinski definition) is 3. The fourth-order valence-corrected chi connectivity index (χ4v) is 3.49. The SMILES string of the molecule is CC(=O)Nc1ccc(S(=O)(=O)NCC(C)CCBr)cc1. The second-order valence-electron chi connectivity index (χ2n) is 4.64. The molecule has 1 aromatic carbocycles. The van der Waals surface area contributed by atoms with Gasteiger partial charge in [-0.25, -0.2) is 13.1 Å². The largest absolute Gasteiger partial charge is 0.326 e. The van der Waals surface area contributed by atoms with Crippen molar-refractivity contribution in [1.82, 2.24) is 4.72 Å². The first kappa shape index (κ1) is 17.1. The van der Waals surface area contributed by atoms with Gasteiger partial charge in [-0.05, 0) is 36.6 Å². The minimum atomic E-state index is -3.50. The Morgan fingerprint density at radius 3 is 2.40 bits per heavy atom. The van der Waals surface area contributed by atoms with Gasteiger partial charge in [0.05, 0.1) is 4.90 Å². The minimum absolute atomic E-state index is 0.192. The van der Waals surface area contributed by atoms with Gasteiger partial charge in [0.25, 0.3) is 0 Å². The van der Waals surface area contributed by atoms with Crippen LogP contribution >= 0.6 is 15.9 Å². The lowest BCUT2D eigenvalue weighted by atomic mass is 10.1. The fraction of sp³-hybridized carbons (Fsp3) is 0.462. The van der Waals surface area contributed by atoms with E-state index in [4.69, 9.17) is 0 Å². The van der Waals surface area contributed by atoms with Gasteiger partial charge in [0.15, 0.2) is 0 Å². The Balaban J connectivity index is 2.70. The molecule has 0 aliphatic carbocycles. The van der Waals surface area contributed by atoms with Gasteiger partial charge in [-0.1, -0.05) is 22.9 Å². The molecule has 0 saturated carbocycles. The van der Waals surface area contributed by atoms with E-state index >= 15 is 0 Å². The van der Waals surface area contributed by atoms with Crippen molar-refractivity contribution < 1.29 is 13.2 Å². The summed E-state index contributed by atoms with van der Waals surface area (Å²) < 4.78 is 26.7. The Morgan fingerprint density at radius 1 is 1.30 bits per heavy atom. The summed E-state index contributed by atoms with van der Waals surface area (Å²) >= 11 is 3.33. The number of sulfonamides is 1. The van der Waals surface area contributed by atoms with Crippen LogP contribution < -0.4 is 10.0 Å². The molecule has 0 aromatic heterocycles. The summed E-state index contributed by atoms with van der Waals surface area (Å²) in [7, 11) is -3.50. The predicted molar refractivity (Wildman–Crippen MR) is 83.5 cm³/mol. The molecule has 0 aliphatic heterocycles. The van der Waals surface area contributed by atoms with Crippen LogP contribution in [-0.4, -0.2) is 26.2 Å². The van der Waals surface area contributed by atoms with E-state index in [0.717, 1.165) is 11.8 Å². The molecule has 0 aliphatic rings. The summed E-state index contributed by atoms with van der Waals surface area (Å²) in [6.07, 6.45) is 0.907. The Labute approximate surface area is 128 Å². The number of hydrogen-bond donors (Lipinski definition) is 2. The molecule has 0 heterocycles. The number of anilines is 1. The lowest BCUT2D eigenvalue weighted by molar-refractivity contribution is -0.114.